The summed E-state index contributed by atoms with van der Waals surface area (Å²) in [6.07, 6.45) is 2.65. The van der Waals surface area contributed by atoms with Crippen LogP contribution in [0.15, 0.2) is 12.2 Å². The molecular weight excluding hydrogens is 171 g/mol. The van der Waals surface area contributed by atoms with Gasteiger partial charge in [-0.3, -0.25) is 0 Å². The summed E-state index contributed by atoms with van der Waals surface area (Å²) in [5.41, 5.74) is 0. The maximum Gasteiger partial charge on any atom is 0.750 e. The molecule has 2 N–H and O–H groups in total. The quantitative estimate of drug-likeness (QED) is 0.473. The number of hydrogen-bond acceptors (Lipinski definition) is 4. The van der Waals surface area contributed by atoms with E-state index in [1.165, 1.54) is 6.08 Å². The van der Waals surface area contributed by atoms with Gasteiger partial charge in [-0.1, -0.05) is 6.08 Å². The molecule has 0 aliphatic heterocycles. The number of rotatable bonds is 4. The van der Waals surface area contributed by atoms with Gasteiger partial charge in [0.2, 0.25) is 0 Å². The molecule has 1 unspecified atom stereocenters. The van der Waals surface area contributed by atoms with E-state index in [4.69, 9.17) is 10.00 Å². The van der Waals surface area contributed by atoms with Crippen LogP contribution < -0.4 is 0 Å². The summed E-state index contributed by atoms with van der Waals surface area (Å²) in [5, 5.41) is 8.25. The normalized spacial score (nSPS) is 11.6. The van der Waals surface area contributed by atoms with E-state index >= 15 is 0 Å². The lowest BCUT2D eigenvalue weighted by Crippen LogP contribution is -1.92. The lowest BCUT2D eigenvalue weighted by atomic mass is 10.4. The Morgan fingerprint density at radius 3 is 2.73 bits per heavy atom. The van der Waals surface area contributed by atoms with Crippen LogP contribution in [0.2, 0.25) is 0 Å². The van der Waals surface area contributed by atoms with Crippen molar-refractivity contribution < 1.29 is 23.9 Å². The van der Waals surface area contributed by atoms with Crippen LogP contribution in [0.4, 0.5) is 0 Å². The summed E-state index contributed by atoms with van der Waals surface area (Å²) < 4.78 is 13.7. The zero-order chi connectivity index (χ0) is 8.69. The third-order valence-corrected chi connectivity index (χ3v) is 1.05. The van der Waals surface area contributed by atoms with Crippen molar-refractivity contribution >= 4 is 14.2 Å². The van der Waals surface area contributed by atoms with Gasteiger partial charge in [-0.2, -0.15) is 4.52 Å². The van der Waals surface area contributed by atoms with E-state index in [-0.39, 0.29) is 6.61 Å². The van der Waals surface area contributed by atoms with Gasteiger partial charge < -0.3 is 5.11 Å². The van der Waals surface area contributed by atoms with Crippen LogP contribution >= 0.6 is 8.25 Å². The van der Waals surface area contributed by atoms with E-state index in [1.807, 2.05) is 0 Å². The minimum absolute atomic E-state index is 0.0744. The van der Waals surface area contributed by atoms with Crippen LogP contribution in [0.1, 0.15) is 6.42 Å². The topological polar surface area (TPSA) is 83.8 Å². The van der Waals surface area contributed by atoms with Gasteiger partial charge in [-0.05, 0) is 6.42 Å². The van der Waals surface area contributed by atoms with E-state index in [1.54, 1.807) is 0 Å². The molecule has 0 aromatic heterocycles. The average molecular weight is 179 g/mol. The molecule has 0 aliphatic carbocycles. The Morgan fingerprint density at radius 1 is 1.64 bits per heavy atom. The Kier molecular flexibility index (Phi) is 5.56. The molecule has 0 fully saturated rings. The molecular formula is C5H8O5P+. The van der Waals surface area contributed by atoms with Gasteiger partial charge in [0.05, 0.1) is 0 Å². The van der Waals surface area contributed by atoms with Gasteiger partial charge in [0.1, 0.15) is 0 Å². The van der Waals surface area contributed by atoms with Crippen molar-refractivity contribution in [3.63, 3.8) is 0 Å². The molecule has 11 heavy (non-hydrogen) atoms. The lowest BCUT2D eigenvalue weighted by Gasteiger charge is -1.81. The summed E-state index contributed by atoms with van der Waals surface area (Å²) in [5.74, 6) is -0.887. The second-order valence-corrected chi connectivity index (χ2v) is 2.22. The van der Waals surface area contributed by atoms with Gasteiger partial charge in [0, 0.05) is 17.2 Å². The van der Waals surface area contributed by atoms with Gasteiger partial charge in [0.15, 0.2) is 0 Å². The molecule has 0 amide bonds. The van der Waals surface area contributed by atoms with Gasteiger partial charge in [-0.25, -0.2) is 4.79 Å². The lowest BCUT2D eigenvalue weighted by molar-refractivity contribution is -0.128. The summed E-state index contributed by atoms with van der Waals surface area (Å²) in [7, 11) is -2.87. The first-order chi connectivity index (χ1) is 5.16. The molecule has 0 spiro atoms. The zero-order valence-corrected chi connectivity index (χ0v) is 6.53. The standard InChI is InChI=1S/C5H7O5P/c6-4-2-1-3-5(7)10-11(8)9/h1,3,6H,2,4H2/p+1. The molecule has 0 rings (SSSR count). The van der Waals surface area contributed by atoms with Crippen LogP contribution in [0, 0.1) is 0 Å². The van der Waals surface area contributed by atoms with Gasteiger partial charge in [-0.15, -0.1) is 4.89 Å². The Labute approximate surface area is 64.3 Å². The smallest absolute Gasteiger partial charge is 0.396 e. The third kappa shape index (κ3) is 7.12. The number of hydrogen-bond donors (Lipinski definition) is 2. The number of carbonyl (C=O) groups excluding carboxylic acids is 1. The first kappa shape index (κ1) is 10.2. The zero-order valence-electron chi connectivity index (χ0n) is 5.64. The Bertz CT molecular complexity index is 176. The third-order valence-electron chi connectivity index (χ3n) is 0.718. The largest absolute Gasteiger partial charge is 0.750 e. The second kappa shape index (κ2) is 5.97. The average Bonchev–Trinajstić information content (AvgIpc) is 1.86. The summed E-state index contributed by atoms with van der Waals surface area (Å²) >= 11 is 0. The van der Waals surface area contributed by atoms with Crippen molar-refractivity contribution in [3.05, 3.63) is 12.2 Å². The highest BCUT2D eigenvalue weighted by Crippen LogP contribution is 2.14. The maximum absolute atomic E-state index is 10.4. The monoisotopic (exact) mass is 179 g/mol. The molecule has 0 aromatic rings. The molecule has 0 heterocycles. The summed E-state index contributed by atoms with van der Waals surface area (Å²) in [4.78, 5) is 18.5. The van der Waals surface area contributed by atoms with E-state index in [9.17, 15) is 9.36 Å². The predicted octanol–water partition coefficient (Wildman–Crippen LogP) is 0.118. The SMILES string of the molecule is O=C(C=CCCO)O[P+](=O)O. The first-order valence-corrected chi connectivity index (χ1v) is 3.95. The minimum Gasteiger partial charge on any atom is -0.396 e. The number of aliphatic hydroxyl groups excluding tert-OH is 1. The highest BCUT2D eigenvalue weighted by molar-refractivity contribution is 7.32. The first-order valence-electron chi connectivity index (χ1n) is 2.82. The fraction of sp³-hybridized carbons (Fsp3) is 0.400. The van der Waals surface area contributed by atoms with Gasteiger partial charge >= 0.3 is 14.2 Å². The van der Waals surface area contributed by atoms with Gasteiger partial charge in [0.25, 0.3) is 0 Å². The van der Waals surface area contributed by atoms with E-state index in [2.05, 4.69) is 4.52 Å². The van der Waals surface area contributed by atoms with Crippen molar-refractivity contribution in [2.75, 3.05) is 6.61 Å². The van der Waals surface area contributed by atoms with Crippen molar-refractivity contribution in [2.45, 2.75) is 6.42 Å². The van der Waals surface area contributed by atoms with E-state index in [0.717, 1.165) is 6.08 Å². The molecule has 6 heteroatoms. The van der Waals surface area contributed by atoms with Crippen LogP contribution in [0.5, 0.6) is 0 Å². The van der Waals surface area contributed by atoms with Crippen LogP contribution in [-0.2, 0) is 13.9 Å². The molecule has 0 aromatic carbocycles. The molecule has 0 radical (unpaired) electrons. The van der Waals surface area contributed by atoms with Crippen molar-refractivity contribution in [1.29, 1.82) is 0 Å². The molecule has 0 saturated heterocycles. The molecule has 5 nitrogen and oxygen atoms in total. The van der Waals surface area contributed by atoms with E-state index in [0.29, 0.717) is 6.42 Å². The second-order valence-electron chi connectivity index (χ2n) is 1.56. The van der Waals surface area contributed by atoms with Crippen molar-refractivity contribution in [1.82, 2.24) is 0 Å². The fourth-order valence-corrected chi connectivity index (χ4v) is 0.576. The summed E-state index contributed by atoms with van der Waals surface area (Å²) in [6, 6.07) is 0. The Hall–Kier alpha value is -0.770. The van der Waals surface area contributed by atoms with Crippen molar-refractivity contribution in [2.24, 2.45) is 0 Å². The predicted molar refractivity (Wildman–Crippen MR) is 36.8 cm³/mol. The van der Waals surface area contributed by atoms with Crippen LogP contribution in [0.25, 0.3) is 0 Å². The molecule has 0 bridgehead atoms. The molecule has 62 valence electrons. The van der Waals surface area contributed by atoms with E-state index < -0.39 is 14.2 Å². The van der Waals surface area contributed by atoms with Crippen LogP contribution in [-0.4, -0.2) is 22.6 Å². The molecule has 0 saturated carbocycles. The maximum atomic E-state index is 10.4. The number of carbonyl (C=O) groups is 1. The highest BCUT2D eigenvalue weighted by Gasteiger charge is 2.16. The highest BCUT2D eigenvalue weighted by atomic mass is 31.1. The fourth-order valence-electron chi connectivity index (χ4n) is 0.361. The Balaban J connectivity index is 3.60. The number of aliphatic hydroxyl groups is 1. The van der Waals surface area contributed by atoms with Crippen molar-refractivity contribution in [3.8, 4) is 0 Å². The Morgan fingerprint density at radius 2 is 2.27 bits per heavy atom. The molecule has 1 atom stereocenters. The molecule has 0 aliphatic rings. The van der Waals surface area contributed by atoms with Crippen LogP contribution in [0.3, 0.4) is 0 Å². The minimum atomic E-state index is -2.87. The summed E-state index contributed by atoms with van der Waals surface area (Å²) in [6.45, 7) is -0.0744.